The molecule has 0 bridgehead atoms. The van der Waals surface area contributed by atoms with Crippen molar-refractivity contribution in [2.75, 3.05) is 0 Å². The third-order valence-electron chi connectivity index (χ3n) is 5.04. The molecule has 3 rings (SSSR count). The fourth-order valence-corrected chi connectivity index (χ4v) is 3.72. The summed E-state index contributed by atoms with van der Waals surface area (Å²) in [6.07, 6.45) is 5.16. The zero-order chi connectivity index (χ0) is 15.7. The van der Waals surface area contributed by atoms with Gasteiger partial charge in [-0.1, -0.05) is 31.4 Å². The van der Waals surface area contributed by atoms with Crippen molar-refractivity contribution in [3.8, 4) is 0 Å². The van der Waals surface area contributed by atoms with Gasteiger partial charge >= 0.3 is 0 Å². The quantitative estimate of drug-likeness (QED) is 0.905. The molecule has 0 amide bonds. The number of rotatable bonds is 3. The van der Waals surface area contributed by atoms with Crippen LogP contribution in [-0.2, 0) is 6.54 Å². The third-order valence-corrected chi connectivity index (χ3v) is 5.04. The van der Waals surface area contributed by atoms with E-state index in [2.05, 4.69) is 42.3 Å². The summed E-state index contributed by atoms with van der Waals surface area (Å²) in [5.41, 5.74) is 4.21. The molecular weight excluding hydrogens is 272 g/mol. The molecule has 2 aromatic rings. The molecular formula is C19H26N2O. The van der Waals surface area contributed by atoms with E-state index >= 15 is 0 Å². The van der Waals surface area contributed by atoms with Crippen molar-refractivity contribution >= 4 is 10.9 Å². The first kappa shape index (κ1) is 15.3. The first-order chi connectivity index (χ1) is 10.5. The van der Waals surface area contributed by atoms with Crippen LogP contribution < -0.4 is 10.9 Å². The van der Waals surface area contributed by atoms with E-state index in [0.717, 1.165) is 22.0 Å². The molecule has 1 aliphatic carbocycles. The van der Waals surface area contributed by atoms with Gasteiger partial charge < -0.3 is 10.3 Å². The Kier molecular flexibility index (Phi) is 4.34. The van der Waals surface area contributed by atoms with Crippen LogP contribution in [0.15, 0.2) is 23.0 Å². The SMILES string of the molecule is Cc1cc(C)c2[nH]c(=O)c(CN[C@H]3CCCC[C@H]3C)cc2c1. The lowest BCUT2D eigenvalue weighted by atomic mass is 9.86. The number of nitrogens with one attached hydrogen (secondary N) is 2. The molecule has 0 spiro atoms. The van der Waals surface area contributed by atoms with Gasteiger partial charge in [-0.25, -0.2) is 0 Å². The Morgan fingerprint density at radius 2 is 1.95 bits per heavy atom. The number of hydrogen-bond acceptors (Lipinski definition) is 2. The van der Waals surface area contributed by atoms with Crippen molar-refractivity contribution in [1.82, 2.24) is 10.3 Å². The average Bonchev–Trinajstić information content (AvgIpc) is 2.47. The number of H-pyrrole nitrogens is 1. The minimum absolute atomic E-state index is 0.0374. The molecule has 0 unspecified atom stereocenters. The lowest BCUT2D eigenvalue weighted by Crippen LogP contribution is -2.37. The van der Waals surface area contributed by atoms with E-state index in [-0.39, 0.29) is 5.56 Å². The summed E-state index contributed by atoms with van der Waals surface area (Å²) in [5, 5.41) is 4.73. The summed E-state index contributed by atoms with van der Waals surface area (Å²) in [4.78, 5) is 15.4. The minimum atomic E-state index is 0.0374. The summed E-state index contributed by atoms with van der Waals surface area (Å²) < 4.78 is 0. The average molecular weight is 298 g/mol. The molecule has 0 radical (unpaired) electrons. The molecule has 118 valence electrons. The molecule has 1 heterocycles. The Bertz CT molecular complexity index is 732. The van der Waals surface area contributed by atoms with Gasteiger partial charge in [-0.15, -0.1) is 0 Å². The highest BCUT2D eigenvalue weighted by Gasteiger charge is 2.20. The van der Waals surface area contributed by atoms with E-state index in [1.165, 1.54) is 31.2 Å². The Hall–Kier alpha value is -1.61. The Labute approximate surface area is 132 Å². The standard InChI is InChI=1S/C19H26N2O/c1-12-8-14(3)18-15(9-12)10-16(19(22)21-18)11-20-17-7-5-4-6-13(17)2/h8-10,13,17,20H,4-7,11H2,1-3H3,(H,21,22)/t13-,17+/m1/s1. The van der Waals surface area contributed by atoms with Crippen LogP contribution in [0.2, 0.25) is 0 Å². The highest BCUT2D eigenvalue weighted by Crippen LogP contribution is 2.24. The lowest BCUT2D eigenvalue weighted by Gasteiger charge is -2.29. The van der Waals surface area contributed by atoms with Crippen molar-refractivity contribution in [2.45, 2.75) is 59.0 Å². The van der Waals surface area contributed by atoms with Crippen LogP contribution in [0.3, 0.4) is 0 Å². The molecule has 1 saturated carbocycles. The molecule has 1 fully saturated rings. The molecule has 1 aromatic carbocycles. The zero-order valence-corrected chi connectivity index (χ0v) is 13.8. The Morgan fingerprint density at radius 1 is 1.18 bits per heavy atom. The Morgan fingerprint density at radius 3 is 2.73 bits per heavy atom. The van der Waals surface area contributed by atoms with Crippen LogP contribution in [0.1, 0.15) is 49.3 Å². The monoisotopic (exact) mass is 298 g/mol. The van der Waals surface area contributed by atoms with Gasteiger partial charge in [0, 0.05) is 18.2 Å². The highest BCUT2D eigenvalue weighted by atomic mass is 16.1. The van der Waals surface area contributed by atoms with Gasteiger partial charge in [-0.2, -0.15) is 0 Å². The highest BCUT2D eigenvalue weighted by molar-refractivity contribution is 5.82. The predicted molar refractivity (Wildman–Crippen MR) is 92.3 cm³/mol. The minimum Gasteiger partial charge on any atom is -0.321 e. The molecule has 1 aliphatic rings. The van der Waals surface area contributed by atoms with E-state index in [9.17, 15) is 4.79 Å². The normalized spacial score (nSPS) is 22.1. The van der Waals surface area contributed by atoms with Crippen LogP contribution in [0.5, 0.6) is 0 Å². The molecule has 1 aromatic heterocycles. The van der Waals surface area contributed by atoms with Crippen LogP contribution in [0.4, 0.5) is 0 Å². The number of aromatic amines is 1. The number of fused-ring (bicyclic) bond motifs is 1. The number of aromatic nitrogens is 1. The largest absolute Gasteiger partial charge is 0.321 e. The first-order valence-corrected chi connectivity index (χ1v) is 8.41. The lowest BCUT2D eigenvalue weighted by molar-refractivity contribution is 0.279. The van der Waals surface area contributed by atoms with Gasteiger partial charge in [0.25, 0.3) is 5.56 Å². The smallest absolute Gasteiger partial charge is 0.252 e. The summed E-state index contributed by atoms with van der Waals surface area (Å²) in [5.74, 6) is 0.706. The predicted octanol–water partition coefficient (Wildman–Crippen LogP) is 3.81. The number of hydrogen-bond donors (Lipinski definition) is 2. The summed E-state index contributed by atoms with van der Waals surface area (Å²) in [6, 6.07) is 6.85. The third kappa shape index (κ3) is 3.09. The van der Waals surface area contributed by atoms with E-state index in [4.69, 9.17) is 0 Å². The van der Waals surface area contributed by atoms with Crippen molar-refractivity contribution in [1.29, 1.82) is 0 Å². The van der Waals surface area contributed by atoms with Crippen molar-refractivity contribution in [3.63, 3.8) is 0 Å². The number of benzene rings is 1. The van der Waals surface area contributed by atoms with Crippen molar-refractivity contribution in [3.05, 3.63) is 45.2 Å². The van der Waals surface area contributed by atoms with Crippen LogP contribution >= 0.6 is 0 Å². The fourth-order valence-electron chi connectivity index (χ4n) is 3.72. The van der Waals surface area contributed by atoms with Gasteiger partial charge in [0.15, 0.2) is 0 Å². The summed E-state index contributed by atoms with van der Waals surface area (Å²) >= 11 is 0. The van der Waals surface area contributed by atoms with Crippen LogP contribution in [0.25, 0.3) is 10.9 Å². The van der Waals surface area contributed by atoms with E-state index in [1.807, 2.05) is 6.92 Å². The fraction of sp³-hybridized carbons (Fsp3) is 0.526. The van der Waals surface area contributed by atoms with Crippen molar-refractivity contribution < 1.29 is 0 Å². The summed E-state index contributed by atoms with van der Waals surface area (Å²) in [6.45, 7) is 7.12. The second-order valence-electron chi connectivity index (χ2n) is 6.92. The van der Waals surface area contributed by atoms with Gasteiger partial charge in [-0.3, -0.25) is 4.79 Å². The van der Waals surface area contributed by atoms with Gasteiger partial charge in [0.1, 0.15) is 0 Å². The zero-order valence-electron chi connectivity index (χ0n) is 13.8. The Balaban J connectivity index is 1.84. The van der Waals surface area contributed by atoms with Gasteiger partial charge in [0.2, 0.25) is 0 Å². The maximum atomic E-state index is 12.3. The number of aryl methyl sites for hydroxylation is 2. The second kappa shape index (κ2) is 6.25. The van der Waals surface area contributed by atoms with Gasteiger partial charge in [0.05, 0.1) is 5.52 Å². The van der Waals surface area contributed by atoms with Crippen molar-refractivity contribution in [2.24, 2.45) is 5.92 Å². The van der Waals surface area contributed by atoms with Crippen LogP contribution in [0, 0.1) is 19.8 Å². The van der Waals surface area contributed by atoms with E-state index in [1.54, 1.807) is 0 Å². The maximum absolute atomic E-state index is 12.3. The van der Waals surface area contributed by atoms with E-state index in [0.29, 0.717) is 18.5 Å². The van der Waals surface area contributed by atoms with E-state index < -0.39 is 0 Å². The molecule has 22 heavy (non-hydrogen) atoms. The second-order valence-corrected chi connectivity index (χ2v) is 6.92. The maximum Gasteiger partial charge on any atom is 0.252 e. The molecule has 2 N–H and O–H groups in total. The topological polar surface area (TPSA) is 44.9 Å². The molecule has 3 heteroatoms. The number of pyridine rings is 1. The molecule has 0 saturated heterocycles. The molecule has 3 nitrogen and oxygen atoms in total. The summed E-state index contributed by atoms with van der Waals surface area (Å²) in [7, 11) is 0. The first-order valence-electron chi connectivity index (χ1n) is 8.41. The molecule has 0 aliphatic heterocycles. The van der Waals surface area contributed by atoms with Crippen LogP contribution in [-0.4, -0.2) is 11.0 Å². The molecule has 2 atom stereocenters. The van der Waals surface area contributed by atoms with Gasteiger partial charge in [-0.05, 0) is 55.7 Å².